The third kappa shape index (κ3) is 5.46. The molecule has 1 aromatic rings. The van der Waals surface area contributed by atoms with Crippen molar-refractivity contribution >= 4 is 11.9 Å². The second kappa shape index (κ2) is 8.85. The van der Waals surface area contributed by atoms with E-state index in [4.69, 9.17) is 9.47 Å². The summed E-state index contributed by atoms with van der Waals surface area (Å²) < 4.78 is 10.7. The molecule has 1 amide bonds. The van der Waals surface area contributed by atoms with E-state index in [0.29, 0.717) is 45.6 Å². The molecule has 2 rings (SSSR count). The topological polar surface area (TPSA) is 76.1 Å². The zero-order valence-corrected chi connectivity index (χ0v) is 15.0. The van der Waals surface area contributed by atoms with Crippen molar-refractivity contribution in [2.24, 2.45) is 5.41 Å². The normalized spacial score (nSPS) is 19.8. The highest BCUT2D eigenvalue weighted by Gasteiger charge is 2.41. The van der Waals surface area contributed by atoms with Crippen LogP contribution in [0.2, 0.25) is 0 Å². The van der Waals surface area contributed by atoms with Crippen molar-refractivity contribution in [2.45, 2.75) is 32.6 Å². The van der Waals surface area contributed by atoms with Gasteiger partial charge in [-0.3, -0.25) is 9.59 Å². The van der Waals surface area contributed by atoms with E-state index in [9.17, 15) is 14.7 Å². The van der Waals surface area contributed by atoms with Crippen molar-refractivity contribution in [1.29, 1.82) is 0 Å². The number of nitrogens with zero attached hydrogens (tertiary/aromatic N) is 1. The van der Waals surface area contributed by atoms with E-state index in [0.717, 1.165) is 12.2 Å². The van der Waals surface area contributed by atoms with Crippen LogP contribution in [0.3, 0.4) is 0 Å². The molecular weight excluding hydrogens is 322 g/mol. The summed E-state index contributed by atoms with van der Waals surface area (Å²) in [4.78, 5) is 25.1. The highest BCUT2D eigenvalue weighted by molar-refractivity contribution is 5.80. The number of amides is 1. The van der Waals surface area contributed by atoms with Crippen LogP contribution in [0, 0.1) is 5.41 Å². The van der Waals surface area contributed by atoms with E-state index < -0.39 is 11.4 Å². The number of carboxylic acids is 1. The molecule has 25 heavy (non-hydrogen) atoms. The molecule has 6 nitrogen and oxygen atoms in total. The molecule has 0 aliphatic carbocycles. The average Bonchev–Trinajstić information content (AvgIpc) is 3.02. The predicted octanol–water partition coefficient (Wildman–Crippen LogP) is 2.36. The van der Waals surface area contributed by atoms with Crippen LogP contribution in [0.5, 0.6) is 5.75 Å². The van der Waals surface area contributed by atoms with Gasteiger partial charge in [-0.05, 0) is 43.9 Å². The molecule has 6 heteroatoms. The van der Waals surface area contributed by atoms with E-state index in [1.165, 1.54) is 5.56 Å². The quantitative estimate of drug-likeness (QED) is 0.693. The fourth-order valence-corrected chi connectivity index (χ4v) is 2.89. The van der Waals surface area contributed by atoms with Crippen LogP contribution in [-0.4, -0.2) is 55.3 Å². The minimum Gasteiger partial charge on any atom is -0.494 e. The van der Waals surface area contributed by atoms with E-state index >= 15 is 0 Å². The number of aliphatic carboxylic acids is 1. The van der Waals surface area contributed by atoms with Gasteiger partial charge in [0.15, 0.2) is 0 Å². The molecule has 1 unspecified atom stereocenters. The van der Waals surface area contributed by atoms with Gasteiger partial charge in [-0.25, -0.2) is 0 Å². The molecule has 1 aromatic carbocycles. The summed E-state index contributed by atoms with van der Waals surface area (Å²) >= 11 is 0. The van der Waals surface area contributed by atoms with Gasteiger partial charge < -0.3 is 19.5 Å². The number of hydrogen-bond acceptors (Lipinski definition) is 4. The van der Waals surface area contributed by atoms with Crippen molar-refractivity contribution in [3.8, 4) is 5.75 Å². The van der Waals surface area contributed by atoms with Crippen molar-refractivity contribution in [3.05, 3.63) is 29.8 Å². The lowest BCUT2D eigenvalue weighted by atomic mass is 9.90. The molecule has 0 bridgehead atoms. The summed E-state index contributed by atoms with van der Waals surface area (Å²) in [7, 11) is 1.68. The molecule has 1 heterocycles. The lowest BCUT2D eigenvalue weighted by Gasteiger charge is -2.20. The van der Waals surface area contributed by atoms with Gasteiger partial charge in [0.25, 0.3) is 0 Å². The molecular formula is C19H27NO5. The minimum atomic E-state index is -0.833. The number of hydrogen-bond donors (Lipinski definition) is 1. The predicted molar refractivity (Wildman–Crippen MR) is 93.7 cm³/mol. The lowest BCUT2D eigenvalue weighted by molar-refractivity contribution is -0.147. The number of benzene rings is 1. The Kier molecular flexibility index (Phi) is 6.82. The highest BCUT2D eigenvalue weighted by Crippen LogP contribution is 2.30. The maximum Gasteiger partial charge on any atom is 0.311 e. The fraction of sp³-hybridized carbons (Fsp3) is 0.579. The summed E-state index contributed by atoms with van der Waals surface area (Å²) in [5.74, 6) is -0.0446. The van der Waals surface area contributed by atoms with Crippen molar-refractivity contribution < 1.29 is 24.2 Å². The molecule has 1 atom stereocenters. The summed E-state index contributed by atoms with van der Waals surface area (Å²) in [5.41, 5.74) is 0.386. The summed E-state index contributed by atoms with van der Waals surface area (Å²) in [6.45, 7) is 3.67. The van der Waals surface area contributed by atoms with Crippen molar-refractivity contribution in [1.82, 2.24) is 4.90 Å². The van der Waals surface area contributed by atoms with Crippen LogP contribution in [0.15, 0.2) is 24.3 Å². The van der Waals surface area contributed by atoms with Gasteiger partial charge in [0.1, 0.15) is 5.75 Å². The molecule has 1 fully saturated rings. The zero-order chi connectivity index (χ0) is 18.3. The minimum absolute atomic E-state index is 0.00323. The Bertz CT molecular complexity index is 586. The van der Waals surface area contributed by atoms with Gasteiger partial charge in [0.05, 0.1) is 18.6 Å². The van der Waals surface area contributed by atoms with Crippen LogP contribution >= 0.6 is 0 Å². The lowest BCUT2D eigenvalue weighted by Crippen LogP contribution is -2.34. The third-order valence-electron chi connectivity index (χ3n) is 4.66. The standard InChI is InChI=1S/C19H27NO5/c1-19(18(22)23)10-11-20(14-19)17(21)4-3-12-25-16-7-5-15(6-8-16)9-13-24-2/h5-8H,3-4,9-14H2,1-2H3,(H,22,23). The largest absolute Gasteiger partial charge is 0.494 e. The van der Waals surface area contributed by atoms with Crippen molar-refractivity contribution in [3.63, 3.8) is 0 Å². The third-order valence-corrected chi connectivity index (χ3v) is 4.66. The van der Waals surface area contributed by atoms with Crippen LogP contribution in [0.25, 0.3) is 0 Å². The number of likely N-dealkylation sites (tertiary alicyclic amines) is 1. The van der Waals surface area contributed by atoms with Gasteiger partial charge >= 0.3 is 5.97 Å². The van der Waals surface area contributed by atoms with Gasteiger partial charge in [-0.1, -0.05) is 12.1 Å². The van der Waals surface area contributed by atoms with Gasteiger partial charge in [-0.15, -0.1) is 0 Å². The van der Waals surface area contributed by atoms with E-state index in [2.05, 4.69) is 0 Å². The average molecular weight is 349 g/mol. The Hall–Kier alpha value is -2.08. The first-order valence-corrected chi connectivity index (χ1v) is 8.66. The number of carbonyl (C=O) groups excluding carboxylic acids is 1. The Morgan fingerprint density at radius 1 is 1.24 bits per heavy atom. The van der Waals surface area contributed by atoms with Gasteiger partial charge in [0, 0.05) is 26.6 Å². The molecule has 1 N–H and O–H groups in total. The number of methoxy groups -OCH3 is 1. The second-order valence-corrected chi connectivity index (χ2v) is 6.77. The molecule has 1 saturated heterocycles. The SMILES string of the molecule is COCCc1ccc(OCCCC(=O)N2CCC(C)(C(=O)O)C2)cc1. The molecule has 0 spiro atoms. The first-order chi connectivity index (χ1) is 11.9. The molecule has 1 aliphatic rings. The Labute approximate surface area is 148 Å². The van der Waals surface area contributed by atoms with Crippen LogP contribution in [0.4, 0.5) is 0 Å². The smallest absolute Gasteiger partial charge is 0.311 e. The fourth-order valence-electron chi connectivity index (χ4n) is 2.89. The maximum atomic E-state index is 12.2. The van der Waals surface area contributed by atoms with E-state index in [1.54, 1.807) is 18.9 Å². The molecule has 0 radical (unpaired) electrons. The summed E-state index contributed by atoms with van der Waals surface area (Å²) in [6, 6.07) is 7.87. The van der Waals surface area contributed by atoms with Gasteiger partial charge in [0.2, 0.25) is 5.91 Å². The first kappa shape index (κ1) is 19.2. The zero-order valence-electron chi connectivity index (χ0n) is 15.0. The summed E-state index contributed by atoms with van der Waals surface area (Å²) in [5, 5.41) is 9.21. The van der Waals surface area contributed by atoms with Gasteiger partial charge in [-0.2, -0.15) is 0 Å². The maximum absolute atomic E-state index is 12.2. The number of carbonyl (C=O) groups is 2. The summed E-state index contributed by atoms with van der Waals surface area (Å²) in [6.07, 6.45) is 2.38. The molecule has 0 saturated carbocycles. The first-order valence-electron chi connectivity index (χ1n) is 8.66. The van der Waals surface area contributed by atoms with E-state index in [-0.39, 0.29) is 5.91 Å². The van der Waals surface area contributed by atoms with Crippen LogP contribution in [0.1, 0.15) is 31.7 Å². The Morgan fingerprint density at radius 3 is 2.56 bits per heavy atom. The second-order valence-electron chi connectivity index (χ2n) is 6.77. The van der Waals surface area contributed by atoms with E-state index in [1.807, 2.05) is 24.3 Å². The number of rotatable bonds is 9. The Morgan fingerprint density at radius 2 is 1.96 bits per heavy atom. The van der Waals surface area contributed by atoms with Crippen LogP contribution in [-0.2, 0) is 20.7 Å². The van der Waals surface area contributed by atoms with Crippen molar-refractivity contribution in [2.75, 3.05) is 33.4 Å². The monoisotopic (exact) mass is 349 g/mol. The highest BCUT2D eigenvalue weighted by atomic mass is 16.5. The molecule has 138 valence electrons. The van der Waals surface area contributed by atoms with Crippen LogP contribution < -0.4 is 4.74 Å². The Balaban J connectivity index is 1.67. The molecule has 1 aliphatic heterocycles. The molecule has 0 aromatic heterocycles. The number of ether oxygens (including phenoxy) is 2. The number of carboxylic acid groups (broad SMARTS) is 1.